The van der Waals surface area contributed by atoms with E-state index in [2.05, 4.69) is 10.1 Å². The predicted molar refractivity (Wildman–Crippen MR) is 67.3 cm³/mol. The van der Waals surface area contributed by atoms with Gasteiger partial charge in [0.05, 0.1) is 0 Å². The molecule has 1 aromatic carbocycles. The Bertz CT molecular complexity index is 528. The third kappa shape index (κ3) is 2.98. The second-order valence-electron chi connectivity index (χ2n) is 3.26. The van der Waals surface area contributed by atoms with Crippen LogP contribution in [0.4, 0.5) is 0 Å². The summed E-state index contributed by atoms with van der Waals surface area (Å²) in [6.07, 6.45) is 0. The number of nitrogens with zero attached hydrogens (tertiary/aromatic N) is 2. The fourth-order valence-corrected chi connectivity index (χ4v) is 2.10. The molecular weight excluding hydrogens is 234 g/mol. The van der Waals surface area contributed by atoms with Crippen molar-refractivity contribution in [1.82, 2.24) is 4.98 Å². The van der Waals surface area contributed by atoms with E-state index in [9.17, 15) is 0 Å². The molecule has 1 heterocycles. The van der Waals surface area contributed by atoms with Crippen molar-refractivity contribution in [3.63, 3.8) is 0 Å². The summed E-state index contributed by atoms with van der Waals surface area (Å²) in [7, 11) is 0. The van der Waals surface area contributed by atoms with Crippen molar-refractivity contribution in [2.75, 3.05) is 0 Å². The number of oxime groups is 1. The second kappa shape index (κ2) is 5.36. The first-order chi connectivity index (χ1) is 8.29. The van der Waals surface area contributed by atoms with E-state index in [1.54, 1.807) is 6.07 Å². The molecule has 1 aromatic heterocycles. The van der Waals surface area contributed by atoms with Gasteiger partial charge < -0.3 is 10.9 Å². The first-order valence-electron chi connectivity index (χ1n) is 4.97. The van der Waals surface area contributed by atoms with Gasteiger partial charge in [-0.3, -0.25) is 0 Å². The normalized spacial score (nSPS) is 11.4. The van der Waals surface area contributed by atoms with Gasteiger partial charge in [-0.1, -0.05) is 41.2 Å². The minimum absolute atomic E-state index is 0.0144. The van der Waals surface area contributed by atoms with Gasteiger partial charge in [-0.15, -0.1) is 0 Å². The summed E-state index contributed by atoms with van der Waals surface area (Å²) in [4.78, 5) is 5.38. The molecule has 0 fully saturated rings. The lowest BCUT2D eigenvalue weighted by atomic mass is 10.3. The maximum atomic E-state index is 8.58. The van der Waals surface area contributed by atoms with Gasteiger partial charge >= 0.3 is 0 Å². The zero-order valence-corrected chi connectivity index (χ0v) is 9.76. The van der Waals surface area contributed by atoms with Gasteiger partial charge in [-0.2, -0.15) is 0 Å². The summed E-state index contributed by atoms with van der Waals surface area (Å²) in [6, 6.07) is 15.3. The molecule has 5 heteroatoms. The lowest BCUT2D eigenvalue weighted by Gasteiger charge is -2.02. The summed E-state index contributed by atoms with van der Waals surface area (Å²) in [5.74, 6) is 0.0144. The highest BCUT2D eigenvalue weighted by molar-refractivity contribution is 7.99. The number of benzene rings is 1. The molecule has 4 nitrogen and oxygen atoms in total. The minimum atomic E-state index is 0.0144. The zero-order valence-electron chi connectivity index (χ0n) is 8.95. The summed E-state index contributed by atoms with van der Waals surface area (Å²) < 4.78 is 0. The molecule has 86 valence electrons. The molecule has 0 amide bonds. The second-order valence-corrected chi connectivity index (χ2v) is 4.36. The Hall–Kier alpha value is -2.01. The van der Waals surface area contributed by atoms with Crippen LogP contribution in [-0.2, 0) is 0 Å². The van der Waals surface area contributed by atoms with Crippen LogP contribution in [0.25, 0.3) is 0 Å². The standard InChI is InChI=1S/C12H11N3OS/c13-12(15-16)10-7-4-8-11(14-10)17-9-5-2-1-3-6-9/h1-8,16H,(H2,13,15). The van der Waals surface area contributed by atoms with Crippen LogP contribution in [0, 0.1) is 0 Å². The molecule has 0 bridgehead atoms. The molecule has 3 N–H and O–H groups in total. The Morgan fingerprint density at radius 1 is 1.12 bits per heavy atom. The van der Waals surface area contributed by atoms with Crippen molar-refractivity contribution in [3.8, 4) is 0 Å². The van der Waals surface area contributed by atoms with E-state index < -0.39 is 0 Å². The van der Waals surface area contributed by atoms with Crippen LogP contribution in [-0.4, -0.2) is 16.0 Å². The molecule has 2 aromatic rings. The van der Waals surface area contributed by atoms with Gasteiger partial charge in [0.25, 0.3) is 0 Å². The molecule has 0 aliphatic heterocycles. The highest BCUT2D eigenvalue weighted by atomic mass is 32.2. The molecule has 0 saturated carbocycles. The van der Waals surface area contributed by atoms with Crippen LogP contribution in [0.15, 0.2) is 63.6 Å². The van der Waals surface area contributed by atoms with Crippen molar-refractivity contribution in [2.24, 2.45) is 10.9 Å². The summed E-state index contributed by atoms with van der Waals surface area (Å²) >= 11 is 1.53. The van der Waals surface area contributed by atoms with E-state index in [1.807, 2.05) is 42.5 Å². The molecule has 2 rings (SSSR count). The van der Waals surface area contributed by atoms with Crippen LogP contribution in [0.1, 0.15) is 5.69 Å². The van der Waals surface area contributed by atoms with Gasteiger partial charge in [-0.25, -0.2) is 4.98 Å². The lowest BCUT2D eigenvalue weighted by Crippen LogP contribution is -2.14. The topological polar surface area (TPSA) is 71.5 Å². The van der Waals surface area contributed by atoms with Gasteiger partial charge in [0.15, 0.2) is 5.84 Å². The van der Waals surface area contributed by atoms with E-state index in [0.717, 1.165) is 9.92 Å². The van der Waals surface area contributed by atoms with Crippen molar-refractivity contribution in [2.45, 2.75) is 9.92 Å². The smallest absolute Gasteiger partial charge is 0.188 e. The number of nitrogens with two attached hydrogens (primary N) is 1. The summed E-state index contributed by atoms with van der Waals surface area (Å²) in [6.45, 7) is 0. The molecule has 0 saturated heterocycles. The highest BCUT2D eigenvalue weighted by Gasteiger charge is 2.03. The predicted octanol–water partition coefficient (Wildman–Crippen LogP) is 2.33. The highest BCUT2D eigenvalue weighted by Crippen LogP contribution is 2.25. The quantitative estimate of drug-likeness (QED) is 0.377. The first-order valence-corrected chi connectivity index (χ1v) is 5.79. The van der Waals surface area contributed by atoms with Gasteiger partial charge in [0.1, 0.15) is 10.7 Å². The Balaban J connectivity index is 2.23. The first kappa shape index (κ1) is 11.5. The molecule has 0 aliphatic carbocycles. The van der Waals surface area contributed by atoms with E-state index in [1.165, 1.54) is 11.8 Å². The van der Waals surface area contributed by atoms with Crippen LogP contribution in [0.2, 0.25) is 0 Å². The number of hydrogen-bond acceptors (Lipinski definition) is 4. The van der Waals surface area contributed by atoms with Crippen molar-refractivity contribution < 1.29 is 5.21 Å². The summed E-state index contributed by atoms with van der Waals surface area (Å²) in [5, 5.41) is 12.3. The maximum Gasteiger partial charge on any atom is 0.188 e. The van der Waals surface area contributed by atoms with Gasteiger partial charge in [0.2, 0.25) is 0 Å². The van der Waals surface area contributed by atoms with E-state index in [0.29, 0.717) is 5.69 Å². The third-order valence-corrected chi connectivity index (χ3v) is 3.00. The number of rotatable bonds is 3. The molecule has 0 unspecified atom stereocenters. The Kier molecular flexibility index (Phi) is 3.62. The SMILES string of the molecule is NC(=NO)c1cccc(Sc2ccccc2)n1. The van der Waals surface area contributed by atoms with E-state index in [-0.39, 0.29) is 5.84 Å². The van der Waals surface area contributed by atoms with Crippen LogP contribution >= 0.6 is 11.8 Å². The van der Waals surface area contributed by atoms with Crippen molar-refractivity contribution >= 4 is 17.6 Å². The van der Waals surface area contributed by atoms with Gasteiger partial charge in [-0.05, 0) is 24.3 Å². The van der Waals surface area contributed by atoms with E-state index >= 15 is 0 Å². The monoisotopic (exact) mass is 245 g/mol. The van der Waals surface area contributed by atoms with Crippen LogP contribution < -0.4 is 5.73 Å². The number of amidine groups is 1. The molecule has 0 spiro atoms. The lowest BCUT2D eigenvalue weighted by molar-refractivity contribution is 0.318. The number of pyridine rings is 1. The minimum Gasteiger partial charge on any atom is -0.409 e. The number of aromatic nitrogens is 1. The third-order valence-electron chi connectivity index (χ3n) is 2.06. The molecule has 0 radical (unpaired) electrons. The fraction of sp³-hybridized carbons (Fsp3) is 0. The van der Waals surface area contributed by atoms with Crippen LogP contribution in [0.3, 0.4) is 0 Å². The molecule has 0 atom stereocenters. The van der Waals surface area contributed by atoms with Crippen molar-refractivity contribution in [3.05, 3.63) is 54.2 Å². The largest absolute Gasteiger partial charge is 0.409 e. The van der Waals surface area contributed by atoms with Crippen molar-refractivity contribution in [1.29, 1.82) is 0 Å². The molecule has 17 heavy (non-hydrogen) atoms. The summed E-state index contributed by atoms with van der Waals surface area (Å²) in [5.41, 5.74) is 5.95. The average molecular weight is 245 g/mol. The Morgan fingerprint density at radius 2 is 1.88 bits per heavy atom. The average Bonchev–Trinajstić information content (AvgIpc) is 2.39. The molecule has 0 aliphatic rings. The Labute approximate surface area is 103 Å². The van der Waals surface area contributed by atoms with Gasteiger partial charge in [0, 0.05) is 4.90 Å². The maximum absolute atomic E-state index is 8.58. The van der Waals surface area contributed by atoms with E-state index in [4.69, 9.17) is 10.9 Å². The zero-order chi connectivity index (χ0) is 12.1. The fourth-order valence-electron chi connectivity index (χ4n) is 1.27. The molecular formula is C12H11N3OS. The van der Waals surface area contributed by atoms with Crippen LogP contribution in [0.5, 0.6) is 0 Å². The Morgan fingerprint density at radius 3 is 2.59 bits per heavy atom. The number of hydrogen-bond donors (Lipinski definition) is 2.